The first-order valence-electron chi connectivity index (χ1n) is 6.93. The summed E-state index contributed by atoms with van der Waals surface area (Å²) in [5.41, 5.74) is 0. The Labute approximate surface area is 104 Å². The Kier molecular flexibility index (Phi) is 2.95. The fourth-order valence-corrected chi connectivity index (χ4v) is 3.88. The van der Waals surface area contributed by atoms with Crippen LogP contribution < -0.4 is 5.32 Å². The quantitative estimate of drug-likeness (QED) is 0.865. The van der Waals surface area contributed by atoms with Crippen LogP contribution in [0.25, 0.3) is 0 Å². The summed E-state index contributed by atoms with van der Waals surface area (Å²) in [5.74, 6) is 4.10. The van der Waals surface area contributed by atoms with E-state index < -0.39 is 0 Å². The van der Waals surface area contributed by atoms with Crippen molar-refractivity contribution < 1.29 is 0 Å². The third kappa shape index (κ3) is 2.13. The maximum Gasteiger partial charge on any atom is 0.122 e. The van der Waals surface area contributed by atoms with Crippen LogP contribution in [-0.4, -0.2) is 15.6 Å². The highest BCUT2D eigenvalue weighted by molar-refractivity contribution is 4.96. The van der Waals surface area contributed by atoms with Crippen LogP contribution in [0.4, 0.5) is 0 Å². The number of nitrogens with zero attached hydrogens (tertiary/aromatic N) is 2. The number of fused-ring (bicyclic) bond motifs is 2. The molecule has 4 unspecified atom stereocenters. The van der Waals surface area contributed by atoms with Crippen molar-refractivity contribution in [3.05, 3.63) is 18.2 Å². The number of nitrogens with one attached hydrogen (secondary N) is 1. The number of rotatable bonds is 4. The molecule has 2 fully saturated rings. The summed E-state index contributed by atoms with van der Waals surface area (Å²) in [5, 5.41) is 3.67. The lowest BCUT2D eigenvalue weighted by atomic mass is 9.84. The fourth-order valence-electron chi connectivity index (χ4n) is 3.88. The Morgan fingerprint density at radius 3 is 2.94 bits per heavy atom. The van der Waals surface area contributed by atoms with Crippen molar-refractivity contribution in [2.45, 2.75) is 45.2 Å². The molecule has 0 aliphatic heterocycles. The largest absolute Gasteiger partial charge is 0.337 e. The lowest BCUT2D eigenvalue weighted by Crippen LogP contribution is -2.36. The zero-order chi connectivity index (χ0) is 11.8. The molecule has 0 aromatic carbocycles. The molecular formula is C14H23N3. The van der Waals surface area contributed by atoms with E-state index in [2.05, 4.69) is 28.8 Å². The molecule has 2 bridgehead atoms. The van der Waals surface area contributed by atoms with Crippen molar-refractivity contribution in [3.8, 4) is 0 Å². The van der Waals surface area contributed by atoms with Crippen molar-refractivity contribution >= 4 is 0 Å². The smallest absolute Gasteiger partial charge is 0.122 e. The predicted octanol–water partition coefficient (Wildman–Crippen LogP) is 2.33. The average Bonchev–Trinajstić information content (AvgIpc) is 3.01. The highest BCUT2D eigenvalue weighted by atomic mass is 15.1. The first kappa shape index (κ1) is 11.3. The second-order valence-electron chi connectivity index (χ2n) is 5.96. The minimum absolute atomic E-state index is 0.641. The maximum atomic E-state index is 4.36. The highest BCUT2D eigenvalue weighted by Gasteiger charge is 2.41. The Morgan fingerprint density at radius 1 is 1.47 bits per heavy atom. The van der Waals surface area contributed by atoms with Gasteiger partial charge in [0.15, 0.2) is 0 Å². The molecule has 3 rings (SSSR count). The van der Waals surface area contributed by atoms with Gasteiger partial charge in [0.2, 0.25) is 0 Å². The van der Waals surface area contributed by atoms with Crippen molar-refractivity contribution in [1.82, 2.24) is 14.9 Å². The van der Waals surface area contributed by atoms with Gasteiger partial charge in [-0.15, -0.1) is 0 Å². The minimum Gasteiger partial charge on any atom is -0.337 e. The molecule has 3 nitrogen and oxygen atoms in total. The summed E-state index contributed by atoms with van der Waals surface area (Å²) in [4.78, 5) is 4.36. The molecule has 2 saturated carbocycles. The van der Waals surface area contributed by atoms with E-state index >= 15 is 0 Å². The van der Waals surface area contributed by atoms with Gasteiger partial charge in [0.25, 0.3) is 0 Å². The number of aromatic nitrogens is 2. The lowest BCUT2D eigenvalue weighted by Gasteiger charge is -2.28. The zero-order valence-electron chi connectivity index (χ0n) is 10.9. The molecule has 1 heterocycles. The Morgan fingerprint density at radius 2 is 2.35 bits per heavy atom. The summed E-state index contributed by atoms with van der Waals surface area (Å²) in [6.45, 7) is 3.26. The molecule has 1 aromatic heterocycles. The van der Waals surface area contributed by atoms with E-state index in [-0.39, 0.29) is 0 Å². The third-order valence-corrected chi connectivity index (χ3v) is 4.94. The third-order valence-electron chi connectivity index (χ3n) is 4.94. The van der Waals surface area contributed by atoms with E-state index in [4.69, 9.17) is 0 Å². The van der Waals surface area contributed by atoms with Gasteiger partial charge in [-0.1, -0.05) is 6.42 Å². The molecule has 0 amide bonds. The van der Waals surface area contributed by atoms with Crippen molar-refractivity contribution in [1.29, 1.82) is 0 Å². The van der Waals surface area contributed by atoms with Gasteiger partial charge in [-0.2, -0.15) is 0 Å². The Hall–Kier alpha value is -0.830. The van der Waals surface area contributed by atoms with Crippen LogP contribution in [0.3, 0.4) is 0 Å². The highest BCUT2D eigenvalue weighted by Crippen LogP contribution is 2.49. The van der Waals surface area contributed by atoms with Crippen molar-refractivity contribution in [3.63, 3.8) is 0 Å². The molecule has 3 heteroatoms. The van der Waals surface area contributed by atoms with Gasteiger partial charge in [-0.05, 0) is 43.9 Å². The minimum atomic E-state index is 0.641. The normalized spacial score (nSPS) is 33.2. The van der Waals surface area contributed by atoms with Gasteiger partial charge in [0.1, 0.15) is 5.82 Å². The number of imidazole rings is 1. The standard InChI is InChI=1S/C14H23N3/c1-10(13-8-11-3-4-12(13)7-11)16-9-14-15-5-6-17(14)2/h5-6,10-13,16H,3-4,7-9H2,1-2H3. The van der Waals surface area contributed by atoms with E-state index in [0.29, 0.717) is 6.04 Å². The number of hydrogen-bond acceptors (Lipinski definition) is 2. The predicted molar refractivity (Wildman–Crippen MR) is 68.4 cm³/mol. The van der Waals surface area contributed by atoms with Crippen LogP contribution in [0.2, 0.25) is 0 Å². The summed E-state index contributed by atoms with van der Waals surface area (Å²) in [6.07, 6.45) is 9.81. The number of aryl methyl sites for hydroxylation is 1. The molecule has 17 heavy (non-hydrogen) atoms. The fraction of sp³-hybridized carbons (Fsp3) is 0.786. The molecule has 94 valence electrons. The molecule has 2 aliphatic carbocycles. The Bertz CT molecular complexity index is 385. The maximum absolute atomic E-state index is 4.36. The van der Waals surface area contributed by atoms with Crippen molar-refractivity contribution in [2.24, 2.45) is 24.8 Å². The van der Waals surface area contributed by atoms with E-state index in [1.54, 1.807) is 0 Å². The van der Waals surface area contributed by atoms with Crippen LogP contribution in [0, 0.1) is 17.8 Å². The topological polar surface area (TPSA) is 29.9 Å². The molecule has 2 aliphatic rings. The summed E-state index contributed by atoms with van der Waals surface area (Å²) in [7, 11) is 2.06. The van der Waals surface area contributed by atoms with Gasteiger partial charge in [0.05, 0.1) is 6.54 Å². The second kappa shape index (κ2) is 4.45. The van der Waals surface area contributed by atoms with E-state index in [1.807, 2.05) is 12.4 Å². The van der Waals surface area contributed by atoms with E-state index in [1.165, 1.54) is 25.7 Å². The summed E-state index contributed by atoms with van der Waals surface area (Å²) in [6, 6.07) is 0.641. The monoisotopic (exact) mass is 233 g/mol. The van der Waals surface area contributed by atoms with Crippen LogP contribution in [0.5, 0.6) is 0 Å². The van der Waals surface area contributed by atoms with Gasteiger partial charge in [-0.25, -0.2) is 4.98 Å². The number of hydrogen-bond donors (Lipinski definition) is 1. The van der Waals surface area contributed by atoms with Gasteiger partial charge >= 0.3 is 0 Å². The average molecular weight is 233 g/mol. The SMILES string of the molecule is CC(NCc1nccn1C)C1CC2CCC1C2. The molecule has 0 radical (unpaired) electrons. The van der Waals surface area contributed by atoms with Crippen LogP contribution >= 0.6 is 0 Å². The molecule has 0 saturated heterocycles. The zero-order valence-corrected chi connectivity index (χ0v) is 10.9. The van der Waals surface area contributed by atoms with Crippen LogP contribution in [0.15, 0.2) is 12.4 Å². The molecule has 4 atom stereocenters. The molecular weight excluding hydrogens is 210 g/mol. The van der Waals surface area contributed by atoms with E-state index in [9.17, 15) is 0 Å². The van der Waals surface area contributed by atoms with Crippen LogP contribution in [-0.2, 0) is 13.6 Å². The lowest BCUT2D eigenvalue weighted by molar-refractivity contribution is 0.258. The summed E-state index contributed by atoms with van der Waals surface area (Å²) >= 11 is 0. The van der Waals surface area contributed by atoms with Gasteiger partial charge in [0, 0.05) is 25.5 Å². The summed E-state index contributed by atoms with van der Waals surface area (Å²) < 4.78 is 2.10. The van der Waals surface area contributed by atoms with Gasteiger partial charge < -0.3 is 9.88 Å². The first-order chi connectivity index (χ1) is 8.24. The van der Waals surface area contributed by atoms with Crippen LogP contribution in [0.1, 0.15) is 38.4 Å². The Balaban J connectivity index is 1.54. The van der Waals surface area contributed by atoms with Crippen molar-refractivity contribution in [2.75, 3.05) is 0 Å². The molecule has 1 N–H and O–H groups in total. The molecule has 0 spiro atoms. The molecule has 1 aromatic rings. The second-order valence-corrected chi connectivity index (χ2v) is 5.96. The van der Waals surface area contributed by atoms with Gasteiger partial charge in [-0.3, -0.25) is 0 Å². The van der Waals surface area contributed by atoms with E-state index in [0.717, 1.165) is 30.1 Å². The first-order valence-corrected chi connectivity index (χ1v) is 6.93.